The van der Waals surface area contributed by atoms with E-state index in [9.17, 15) is 9.90 Å². The summed E-state index contributed by atoms with van der Waals surface area (Å²) in [5, 5.41) is 12.8. The molecular weight excluding hydrogens is 288 g/mol. The number of carboxylic acids is 1. The Hall–Kier alpha value is -1.39. The van der Waals surface area contributed by atoms with E-state index >= 15 is 0 Å². The Balaban J connectivity index is 1.92. The average molecular weight is 318 g/mol. The lowest BCUT2D eigenvalue weighted by Crippen LogP contribution is -2.53. The maximum atomic E-state index is 11.5. The molecule has 4 heteroatoms. The Morgan fingerprint density at radius 2 is 2.09 bits per heavy atom. The SMILES string of the molecule is CCCC[C@H](NC1CC(C)CN(Cc2ccccc2)C1)C(=O)O. The van der Waals surface area contributed by atoms with Crippen molar-refractivity contribution < 1.29 is 9.90 Å². The van der Waals surface area contributed by atoms with Crippen molar-refractivity contribution in [2.75, 3.05) is 13.1 Å². The van der Waals surface area contributed by atoms with Crippen LogP contribution >= 0.6 is 0 Å². The van der Waals surface area contributed by atoms with Gasteiger partial charge in [-0.25, -0.2) is 0 Å². The largest absolute Gasteiger partial charge is 0.480 e. The molecule has 23 heavy (non-hydrogen) atoms. The van der Waals surface area contributed by atoms with Crippen LogP contribution in [0.1, 0.15) is 45.1 Å². The minimum atomic E-state index is -0.716. The third kappa shape index (κ3) is 5.96. The number of nitrogens with one attached hydrogen (secondary N) is 1. The topological polar surface area (TPSA) is 52.6 Å². The number of carboxylic acid groups (broad SMARTS) is 1. The predicted octanol–water partition coefficient (Wildman–Crippen LogP) is 3.13. The monoisotopic (exact) mass is 318 g/mol. The second-order valence-corrected chi connectivity index (χ2v) is 6.92. The van der Waals surface area contributed by atoms with Crippen molar-refractivity contribution in [1.82, 2.24) is 10.2 Å². The number of hydrogen-bond acceptors (Lipinski definition) is 3. The molecule has 1 aromatic rings. The standard InChI is InChI=1S/C19H30N2O2/c1-3-4-10-18(19(22)23)20-17-11-15(2)12-21(14-17)13-16-8-6-5-7-9-16/h5-9,15,17-18,20H,3-4,10-14H2,1-2H3,(H,22,23)/t15?,17?,18-/m0/s1. The molecule has 1 heterocycles. The molecule has 0 spiro atoms. The van der Waals surface area contributed by atoms with Gasteiger partial charge >= 0.3 is 5.97 Å². The summed E-state index contributed by atoms with van der Waals surface area (Å²) in [6.07, 6.45) is 3.77. The number of carbonyl (C=O) groups is 1. The number of unbranched alkanes of at least 4 members (excludes halogenated alkanes) is 1. The molecule has 1 aliphatic heterocycles. The number of piperidine rings is 1. The third-order valence-corrected chi connectivity index (χ3v) is 4.57. The van der Waals surface area contributed by atoms with Crippen molar-refractivity contribution in [3.05, 3.63) is 35.9 Å². The molecule has 4 nitrogen and oxygen atoms in total. The molecule has 1 aromatic carbocycles. The van der Waals surface area contributed by atoms with Gasteiger partial charge in [0, 0.05) is 25.7 Å². The normalized spacial score (nSPS) is 23.6. The summed E-state index contributed by atoms with van der Waals surface area (Å²) in [4.78, 5) is 13.9. The van der Waals surface area contributed by atoms with Gasteiger partial charge in [-0.2, -0.15) is 0 Å². The number of nitrogens with zero attached hydrogens (tertiary/aromatic N) is 1. The van der Waals surface area contributed by atoms with Gasteiger partial charge in [0.2, 0.25) is 0 Å². The quantitative estimate of drug-likeness (QED) is 0.773. The van der Waals surface area contributed by atoms with E-state index in [1.165, 1.54) is 5.56 Å². The van der Waals surface area contributed by atoms with Crippen LogP contribution in [0.5, 0.6) is 0 Å². The van der Waals surface area contributed by atoms with E-state index in [1.807, 2.05) is 6.07 Å². The van der Waals surface area contributed by atoms with Crippen molar-refractivity contribution >= 4 is 5.97 Å². The maximum Gasteiger partial charge on any atom is 0.320 e. The molecular formula is C19H30N2O2. The van der Waals surface area contributed by atoms with E-state index < -0.39 is 12.0 Å². The first-order valence-corrected chi connectivity index (χ1v) is 8.83. The van der Waals surface area contributed by atoms with Crippen LogP contribution in [0.15, 0.2) is 30.3 Å². The molecule has 0 saturated carbocycles. The second-order valence-electron chi connectivity index (χ2n) is 6.92. The van der Waals surface area contributed by atoms with E-state index in [1.54, 1.807) is 0 Å². The number of likely N-dealkylation sites (tertiary alicyclic amines) is 1. The Bertz CT molecular complexity index is 478. The van der Waals surface area contributed by atoms with Crippen LogP contribution in [0, 0.1) is 5.92 Å². The summed E-state index contributed by atoms with van der Waals surface area (Å²) in [6, 6.07) is 10.3. The Morgan fingerprint density at radius 1 is 1.35 bits per heavy atom. The highest BCUT2D eigenvalue weighted by Gasteiger charge is 2.28. The minimum Gasteiger partial charge on any atom is -0.480 e. The molecule has 0 aliphatic carbocycles. The van der Waals surface area contributed by atoms with Crippen molar-refractivity contribution in [2.24, 2.45) is 5.92 Å². The summed E-state index contributed by atoms with van der Waals surface area (Å²) in [5.74, 6) is -0.128. The van der Waals surface area contributed by atoms with E-state index in [-0.39, 0.29) is 6.04 Å². The smallest absolute Gasteiger partial charge is 0.320 e. The zero-order valence-electron chi connectivity index (χ0n) is 14.4. The molecule has 2 rings (SSSR count). The summed E-state index contributed by atoms with van der Waals surface area (Å²) >= 11 is 0. The van der Waals surface area contributed by atoms with Gasteiger partial charge in [0.15, 0.2) is 0 Å². The lowest BCUT2D eigenvalue weighted by molar-refractivity contribution is -0.140. The number of aliphatic carboxylic acids is 1. The van der Waals surface area contributed by atoms with Crippen LogP contribution in [0.2, 0.25) is 0 Å². The zero-order valence-corrected chi connectivity index (χ0v) is 14.4. The molecule has 0 radical (unpaired) electrons. The summed E-state index contributed by atoms with van der Waals surface area (Å²) in [6.45, 7) is 7.31. The second kappa shape index (κ2) is 9.04. The summed E-state index contributed by atoms with van der Waals surface area (Å²) < 4.78 is 0. The predicted molar refractivity (Wildman–Crippen MR) is 93.4 cm³/mol. The molecule has 2 unspecified atom stereocenters. The van der Waals surface area contributed by atoms with Crippen LogP contribution in [0.4, 0.5) is 0 Å². The van der Waals surface area contributed by atoms with Gasteiger partial charge in [-0.05, 0) is 24.3 Å². The van der Waals surface area contributed by atoms with Gasteiger partial charge in [-0.3, -0.25) is 9.69 Å². The van der Waals surface area contributed by atoms with Gasteiger partial charge in [-0.15, -0.1) is 0 Å². The lowest BCUT2D eigenvalue weighted by atomic mass is 9.94. The van der Waals surface area contributed by atoms with Crippen molar-refractivity contribution in [3.63, 3.8) is 0 Å². The summed E-state index contributed by atoms with van der Waals surface area (Å²) in [5.41, 5.74) is 1.32. The fourth-order valence-electron chi connectivity index (χ4n) is 3.52. The fraction of sp³-hybridized carbons (Fsp3) is 0.632. The molecule has 3 atom stereocenters. The molecule has 1 saturated heterocycles. The minimum absolute atomic E-state index is 0.264. The third-order valence-electron chi connectivity index (χ3n) is 4.57. The van der Waals surface area contributed by atoms with E-state index in [0.29, 0.717) is 5.92 Å². The molecule has 128 valence electrons. The Kier molecular flexibility index (Phi) is 7.06. The van der Waals surface area contributed by atoms with E-state index in [4.69, 9.17) is 0 Å². The Morgan fingerprint density at radius 3 is 2.74 bits per heavy atom. The molecule has 1 fully saturated rings. The Labute approximate surface area is 139 Å². The van der Waals surface area contributed by atoms with Gasteiger partial charge in [0.25, 0.3) is 0 Å². The van der Waals surface area contributed by atoms with Crippen molar-refractivity contribution in [3.8, 4) is 0 Å². The molecule has 1 aliphatic rings. The van der Waals surface area contributed by atoms with Gasteiger partial charge in [0.1, 0.15) is 6.04 Å². The first-order chi connectivity index (χ1) is 11.1. The van der Waals surface area contributed by atoms with Crippen LogP contribution in [-0.4, -0.2) is 41.1 Å². The van der Waals surface area contributed by atoms with Gasteiger partial charge in [-0.1, -0.05) is 57.0 Å². The van der Waals surface area contributed by atoms with Crippen LogP contribution in [-0.2, 0) is 11.3 Å². The first-order valence-electron chi connectivity index (χ1n) is 8.83. The maximum absolute atomic E-state index is 11.5. The van der Waals surface area contributed by atoms with Crippen molar-refractivity contribution in [2.45, 2.75) is 58.2 Å². The molecule has 0 aromatic heterocycles. The highest BCUT2D eigenvalue weighted by molar-refractivity contribution is 5.73. The van der Waals surface area contributed by atoms with E-state index in [0.717, 1.165) is 45.3 Å². The summed E-state index contributed by atoms with van der Waals surface area (Å²) in [7, 11) is 0. The van der Waals surface area contributed by atoms with Gasteiger partial charge < -0.3 is 10.4 Å². The van der Waals surface area contributed by atoms with Crippen LogP contribution in [0.3, 0.4) is 0 Å². The van der Waals surface area contributed by atoms with Gasteiger partial charge in [0.05, 0.1) is 0 Å². The first kappa shape index (κ1) is 18.0. The number of rotatable bonds is 8. The lowest BCUT2D eigenvalue weighted by Gasteiger charge is -2.38. The average Bonchev–Trinajstić information content (AvgIpc) is 2.51. The van der Waals surface area contributed by atoms with Crippen LogP contribution in [0.25, 0.3) is 0 Å². The number of benzene rings is 1. The molecule has 0 bridgehead atoms. The van der Waals surface area contributed by atoms with Crippen LogP contribution < -0.4 is 5.32 Å². The number of hydrogen-bond donors (Lipinski definition) is 2. The highest BCUT2D eigenvalue weighted by atomic mass is 16.4. The molecule has 0 amide bonds. The zero-order chi connectivity index (χ0) is 16.7. The highest BCUT2D eigenvalue weighted by Crippen LogP contribution is 2.19. The van der Waals surface area contributed by atoms with Crippen molar-refractivity contribution in [1.29, 1.82) is 0 Å². The van der Waals surface area contributed by atoms with E-state index in [2.05, 4.69) is 48.3 Å². The fourth-order valence-corrected chi connectivity index (χ4v) is 3.52. The molecule has 2 N–H and O–H groups in total.